The highest BCUT2D eigenvalue weighted by atomic mass is 35.5. The molecule has 21 heavy (non-hydrogen) atoms. The van der Waals surface area contributed by atoms with Crippen molar-refractivity contribution in [2.45, 2.75) is 6.42 Å². The largest absolute Gasteiger partial charge is 0.506 e. The second-order valence-electron chi connectivity index (χ2n) is 5.55. The Balaban J connectivity index is 2.01. The first-order valence-corrected chi connectivity index (χ1v) is 7.54. The third-order valence-corrected chi connectivity index (χ3v) is 4.25. The van der Waals surface area contributed by atoms with Crippen LogP contribution in [0.1, 0.15) is 5.56 Å². The number of rotatable bonds is 4. The first-order valence-electron chi connectivity index (χ1n) is 7.16. The topological polar surface area (TPSA) is 69.8 Å². The van der Waals surface area contributed by atoms with E-state index in [0.717, 1.165) is 31.7 Å². The number of piperazine rings is 1. The van der Waals surface area contributed by atoms with Gasteiger partial charge in [0.15, 0.2) is 0 Å². The highest BCUT2D eigenvalue weighted by Crippen LogP contribution is 2.25. The summed E-state index contributed by atoms with van der Waals surface area (Å²) in [5, 5.41) is 9.74. The molecule has 6 heteroatoms. The molecule has 0 saturated carbocycles. The number of phenolic OH excluding ortho intramolecular Hbond substituents is 1. The summed E-state index contributed by atoms with van der Waals surface area (Å²) in [6.45, 7) is 3.61. The molecule has 1 aliphatic rings. The van der Waals surface area contributed by atoms with Gasteiger partial charge in [-0.1, -0.05) is 17.7 Å². The third-order valence-electron chi connectivity index (χ3n) is 3.94. The number of benzene rings is 1. The van der Waals surface area contributed by atoms with Gasteiger partial charge in [0.2, 0.25) is 5.91 Å². The lowest BCUT2D eigenvalue weighted by Gasteiger charge is -2.34. The van der Waals surface area contributed by atoms with E-state index in [1.54, 1.807) is 18.2 Å². The average Bonchev–Trinajstić information content (AvgIpc) is 2.48. The maximum absolute atomic E-state index is 12.5. The van der Waals surface area contributed by atoms with Crippen molar-refractivity contribution in [3.05, 3.63) is 28.8 Å². The first kappa shape index (κ1) is 16.1. The van der Waals surface area contributed by atoms with Gasteiger partial charge in [-0.2, -0.15) is 0 Å². The molecule has 1 aromatic carbocycles. The van der Waals surface area contributed by atoms with Crippen molar-refractivity contribution in [1.82, 2.24) is 9.80 Å². The zero-order chi connectivity index (χ0) is 15.4. The summed E-state index contributed by atoms with van der Waals surface area (Å²) in [5.74, 6) is -0.0843. The second-order valence-corrected chi connectivity index (χ2v) is 5.96. The SMILES string of the molecule is CN1CCN(C(=O)C(CN)Cc2ccc(O)c(Cl)c2)CC1. The van der Waals surface area contributed by atoms with Crippen molar-refractivity contribution >= 4 is 17.5 Å². The molecule has 0 spiro atoms. The van der Waals surface area contributed by atoms with Crippen molar-refractivity contribution in [3.63, 3.8) is 0 Å². The highest BCUT2D eigenvalue weighted by molar-refractivity contribution is 6.32. The molecule has 1 aliphatic heterocycles. The standard InChI is InChI=1S/C15H22ClN3O2/c1-18-4-6-19(7-5-18)15(21)12(10-17)8-11-2-3-14(20)13(16)9-11/h2-3,9,12,20H,4-8,10,17H2,1H3. The molecule has 0 aromatic heterocycles. The molecule has 0 bridgehead atoms. The van der Waals surface area contributed by atoms with Crippen molar-refractivity contribution in [2.24, 2.45) is 11.7 Å². The fourth-order valence-corrected chi connectivity index (χ4v) is 2.72. The summed E-state index contributed by atoms with van der Waals surface area (Å²) < 4.78 is 0. The molecule has 1 saturated heterocycles. The summed E-state index contributed by atoms with van der Waals surface area (Å²) in [5.41, 5.74) is 6.70. The number of aromatic hydroxyl groups is 1. The monoisotopic (exact) mass is 311 g/mol. The predicted molar refractivity (Wildman–Crippen MR) is 83.4 cm³/mol. The molecule has 1 unspecified atom stereocenters. The second kappa shape index (κ2) is 7.11. The minimum Gasteiger partial charge on any atom is -0.506 e. The van der Waals surface area contributed by atoms with Crippen LogP contribution in [0.3, 0.4) is 0 Å². The van der Waals surface area contributed by atoms with Crippen LogP contribution in [-0.2, 0) is 11.2 Å². The summed E-state index contributed by atoms with van der Waals surface area (Å²) in [6.07, 6.45) is 0.543. The maximum atomic E-state index is 12.5. The maximum Gasteiger partial charge on any atom is 0.227 e. The quantitative estimate of drug-likeness (QED) is 0.868. The molecule has 1 amide bonds. The number of nitrogens with zero attached hydrogens (tertiary/aromatic N) is 2. The van der Waals surface area contributed by atoms with E-state index in [4.69, 9.17) is 17.3 Å². The minimum absolute atomic E-state index is 0.0510. The normalized spacial score (nSPS) is 17.8. The molecule has 5 nitrogen and oxygen atoms in total. The molecule has 1 aromatic rings. The van der Waals surface area contributed by atoms with Crippen LogP contribution in [0.5, 0.6) is 5.75 Å². The smallest absolute Gasteiger partial charge is 0.227 e. The van der Waals surface area contributed by atoms with Gasteiger partial charge in [0.25, 0.3) is 0 Å². The van der Waals surface area contributed by atoms with E-state index in [1.807, 2.05) is 4.90 Å². The number of phenols is 1. The lowest BCUT2D eigenvalue weighted by molar-refractivity contribution is -0.136. The van der Waals surface area contributed by atoms with Gasteiger partial charge in [0.1, 0.15) is 5.75 Å². The summed E-state index contributed by atoms with van der Waals surface area (Å²) in [7, 11) is 2.06. The van der Waals surface area contributed by atoms with Crippen LogP contribution in [0.25, 0.3) is 0 Å². The first-order chi connectivity index (χ1) is 10.0. The number of nitrogens with two attached hydrogens (primary N) is 1. The van der Waals surface area contributed by atoms with Gasteiger partial charge < -0.3 is 20.6 Å². The Morgan fingerprint density at radius 2 is 2.05 bits per heavy atom. The van der Waals surface area contributed by atoms with Gasteiger partial charge in [-0.15, -0.1) is 0 Å². The molecule has 2 rings (SSSR count). The zero-order valence-electron chi connectivity index (χ0n) is 12.3. The molecular formula is C15H22ClN3O2. The number of likely N-dealkylation sites (N-methyl/N-ethyl adjacent to an activating group) is 1. The molecule has 0 radical (unpaired) electrons. The van der Waals surface area contributed by atoms with Gasteiger partial charge in [-0.05, 0) is 31.2 Å². The Morgan fingerprint density at radius 1 is 1.38 bits per heavy atom. The van der Waals surface area contributed by atoms with E-state index in [9.17, 15) is 9.90 Å². The molecule has 0 aliphatic carbocycles. The number of amides is 1. The van der Waals surface area contributed by atoms with Gasteiger partial charge >= 0.3 is 0 Å². The molecular weight excluding hydrogens is 290 g/mol. The van der Waals surface area contributed by atoms with Crippen LogP contribution >= 0.6 is 11.6 Å². The molecule has 1 heterocycles. The summed E-state index contributed by atoms with van der Waals surface area (Å²) in [6, 6.07) is 5.02. The van der Waals surface area contributed by atoms with Crippen molar-refractivity contribution in [3.8, 4) is 5.75 Å². The number of hydrogen-bond donors (Lipinski definition) is 2. The van der Waals surface area contributed by atoms with Crippen LogP contribution in [0.2, 0.25) is 5.02 Å². The van der Waals surface area contributed by atoms with Crippen LogP contribution in [0, 0.1) is 5.92 Å². The van der Waals surface area contributed by atoms with Crippen LogP contribution in [0.4, 0.5) is 0 Å². The van der Waals surface area contributed by atoms with Gasteiger partial charge in [0.05, 0.1) is 10.9 Å². The van der Waals surface area contributed by atoms with Crippen molar-refractivity contribution in [1.29, 1.82) is 0 Å². The van der Waals surface area contributed by atoms with Crippen molar-refractivity contribution in [2.75, 3.05) is 39.8 Å². The Kier molecular flexibility index (Phi) is 5.45. The fraction of sp³-hybridized carbons (Fsp3) is 0.533. The highest BCUT2D eigenvalue weighted by Gasteiger charge is 2.26. The van der Waals surface area contributed by atoms with Crippen LogP contribution in [-0.4, -0.2) is 60.6 Å². The van der Waals surface area contributed by atoms with E-state index in [2.05, 4.69) is 11.9 Å². The van der Waals surface area contributed by atoms with E-state index in [-0.39, 0.29) is 17.6 Å². The average molecular weight is 312 g/mol. The van der Waals surface area contributed by atoms with Gasteiger partial charge in [-0.25, -0.2) is 0 Å². The molecule has 116 valence electrons. The van der Waals surface area contributed by atoms with E-state index >= 15 is 0 Å². The molecule has 1 fully saturated rings. The van der Waals surface area contributed by atoms with Crippen LogP contribution < -0.4 is 5.73 Å². The Labute approximate surface area is 130 Å². The van der Waals surface area contributed by atoms with Gasteiger partial charge in [0, 0.05) is 32.7 Å². The number of carbonyl (C=O) groups excluding carboxylic acids is 1. The Hall–Kier alpha value is -1.30. The van der Waals surface area contributed by atoms with E-state index in [1.165, 1.54) is 0 Å². The Morgan fingerprint density at radius 3 is 2.62 bits per heavy atom. The van der Waals surface area contributed by atoms with Crippen LogP contribution in [0.15, 0.2) is 18.2 Å². The van der Waals surface area contributed by atoms with E-state index in [0.29, 0.717) is 18.0 Å². The fourth-order valence-electron chi connectivity index (χ4n) is 2.52. The Bertz CT molecular complexity index is 502. The van der Waals surface area contributed by atoms with E-state index < -0.39 is 0 Å². The van der Waals surface area contributed by atoms with Gasteiger partial charge in [-0.3, -0.25) is 4.79 Å². The lowest BCUT2D eigenvalue weighted by Crippen LogP contribution is -2.50. The number of hydrogen-bond acceptors (Lipinski definition) is 4. The number of halogens is 1. The lowest BCUT2D eigenvalue weighted by atomic mass is 9.97. The zero-order valence-corrected chi connectivity index (χ0v) is 13.0. The minimum atomic E-state index is -0.242. The third kappa shape index (κ3) is 4.09. The summed E-state index contributed by atoms with van der Waals surface area (Å²) >= 11 is 5.90. The predicted octanol–water partition coefficient (Wildman–Crippen LogP) is 0.937. The summed E-state index contributed by atoms with van der Waals surface area (Å²) in [4.78, 5) is 16.6. The number of carbonyl (C=O) groups is 1. The molecule has 3 N–H and O–H groups in total. The van der Waals surface area contributed by atoms with Crippen molar-refractivity contribution < 1.29 is 9.90 Å². The molecule has 1 atom stereocenters.